The van der Waals surface area contributed by atoms with Gasteiger partial charge in [0.05, 0.1) is 0 Å². The van der Waals surface area contributed by atoms with Crippen LogP contribution in [0.2, 0.25) is 0 Å². The number of hydrogen-bond acceptors (Lipinski definition) is 1. The first-order valence-corrected chi connectivity index (χ1v) is 5.27. The minimum atomic E-state index is 0.935. The lowest BCUT2D eigenvalue weighted by Gasteiger charge is -2.00. The predicted molar refractivity (Wildman–Crippen MR) is 64.5 cm³/mol. The molecule has 0 bridgehead atoms. The van der Waals surface area contributed by atoms with Crippen LogP contribution in [0.15, 0.2) is 12.7 Å². The molecule has 0 saturated heterocycles. The third kappa shape index (κ3) is 49.5. The second kappa shape index (κ2) is 22.5. The summed E-state index contributed by atoms with van der Waals surface area (Å²) in [7, 11) is 4.52. The van der Waals surface area contributed by atoms with E-state index in [4.69, 9.17) is 0 Å². The van der Waals surface area contributed by atoms with Crippen molar-refractivity contribution < 1.29 is 0 Å². The van der Waals surface area contributed by atoms with Gasteiger partial charge in [0.1, 0.15) is 0 Å². The fraction of sp³-hybridized carbons (Fsp3) is 0.800. The summed E-state index contributed by atoms with van der Waals surface area (Å²) in [6.45, 7) is 12.8. The zero-order chi connectivity index (χ0) is 10.4. The van der Waals surface area contributed by atoms with Crippen LogP contribution in [0.5, 0.6) is 0 Å². The highest BCUT2D eigenvalue weighted by molar-refractivity contribution is 7.13. The quantitative estimate of drug-likeness (QED) is 0.485. The normalized spacial score (nSPS) is 7.58. The Morgan fingerprint density at radius 3 is 1.58 bits per heavy atom. The van der Waals surface area contributed by atoms with Gasteiger partial charge in [0.2, 0.25) is 0 Å². The minimum Gasteiger partial charge on any atom is -0.287 e. The zero-order valence-electron chi connectivity index (χ0n) is 9.43. The second-order valence-corrected chi connectivity index (χ2v) is 3.11. The Balaban J connectivity index is -0.000000118. The Morgan fingerprint density at radius 2 is 1.58 bits per heavy atom. The predicted octanol–water partition coefficient (Wildman–Crippen LogP) is 3.73. The van der Waals surface area contributed by atoms with Gasteiger partial charge in [-0.1, -0.05) is 56.0 Å². The third-order valence-electron chi connectivity index (χ3n) is 0.917. The summed E-state index contributed by atoms with van der Waals surface area (Å²) in [4.78, 5) is 0. The lowest BCUT2D eigenvalue weighted by Crippen LogP contribution is -2.00. The van der Waals surface area contributed by atoms with Gasteiger partial charge in [-0.3, -0.25) is 4.67 Å². The van der Waals surface area contributed by atoms with Gasteiger partial charge in [-0.05, 0) is 7.05 Å². The highest BCUT2D eigenvalue weighted by Crippen LogP contribution is 1.88. The molecular weight excluding hydrogens is 165 g/mol. The van der Waals surface area contributed by atoms with E-state index < -0.39 is 0 Å². The molecule has 1 atom stereocenters. The van der Waals surface area contributed by atoms with E-state index in [2.05, 4.69) is 29.8 Å². The van der Waals surface area contributed by atoms with E-state index in [9.17, 15) is 0 Å². The van der Waals surface area contributed by atoms with Crippen LogP contribution >= 0.6 is 9.39 Å². The maximum atomic E-state index is 3.55. The van der Waals surface area contributed by atoms with Gasteiger partial charge >= 0.3 is 0 Å². The molecule has 0 saturated carbocycles. The first-order chi connectivity index (χ1) is 5.68. The van der Waals surface area contributed by atoms with Crippen molar-refractivity contribution >= 4 is 9.39 Å². The van der Waals surface area contributed by atoms with Crippen LogP contribution in [0.1, 0.15) is 40.5 Å². The maximum Gasteiger partial charge on any atom is 0.0191 e. The summed E-state index contributed by atoms with van der Waals surface area (Å²) in [5.41, 5.74) is 0. The number of nitrogens with zero attached hydrogens (tertiary/aromatic N) is 1. The van der Waals surface area contributed by atoms with Crippen molar-refractivity contribution in [2.75, 3.05) is 13.6 Å². The summed E-state index contributed by atoms with van der Waals surface area (Å²) >= 11 is 0. The minimum absolute atomic E-state index is 0.935. The van der Waals surface area contributed by atoms with E-state index in [0.29, 0.717) is 0 Å². The molecule has 1 nitrogen and oxygen atoms in total. The first kappa shape index (κ1) is 18.0. The van der Waals surface area contributed by atoms with Gasteiger partial charge in [0.25, 0.3) is 0 Å². The molecule has 0 aliphatic rings. The molecule has 0 aromatic heterocycles. The van der Waals surface area contributed by atoms with Gasteiger partial charge in [-0.2, -0.15) is 0 Å². The topological polar surface area (TPSA) is 3.24 Å². The Kier molecular flexibility index (Phi) is 33.7. The molecule has 0 aromatic carbocycles. The van der Waals surface area contributed by atoms with Crippen molar-refractivity contribution in [3.63, 3.8) is 0 Å². The van der Waals surface area contributed by atoms with Crippen molar-refractivity contribution in [3.8, 4) is 0 Å². The van der Waals surface area contributed by atoms with Crippen LogP contribution < -0.4 is 0 Å². The Labute approximate surface area is 81.5 Å². The maximum absolute atomic E-state index is 3.55. The lowest BCUT2D eigenvalue weighted by molar-refractivity contribution is 0.636. The van der Waals surface area contributed by atoms with E-state index in [0.717, 1.165) is 6.54 Å². The third-order valence-corrected chi connectivity index (χ3v) is 1.13. The second-order valence-electron chi connectivity index (χ2n) is 2.23. The number of likely N-dealkylation sites (N-methyl/N-ethyl adjacent to an activating group) is 1. The van der Waals surface area contributed by atoms with E-state index in [1.54, 1.807) is 0 Å². The van der Waals surface area contributed by atoms with Gasteiger partial charge < -0.3 is 0 Å². The van der Waals surface area contributed by atoms with E-state index >= 15 is 0 Å². The Bertz CT molecular complexity index is 60.9. The summed E-state index contributed by atoms with van der Waals surface area (Å²) in [5, 5.41) is 0. The molecule has 0 aromatic rings. The number of hydrogen-bond donors (Lipinski definition) is 0. The van der Waals surface area contributed by atoms with Crippen molar-refractivity contribution in [2.24, 2.45) is 0 Å². The SMILES string of the molecule is C=CCN(C)P.CC.CCCC. The standard InChI is InChI=1S/C4H10NP.C4H10.C2H6/c1-3-4-5(2)6;1-3-4-2;1-2/h3H,1,4,6H2,2H3;3-4H2,1-2H3;1-2H3. The zero-order valence-corrected chi connectivity index (χ0v) is 10.6. The van der Waals surface area contributed by atoms with Crippen molar-refractivity contribution in [1.82, 2.24) is 4.67 Å². The van der Waals surface area contributed by atoms with Crippen LogP contribution in [0.3, 0.4) is 0 Å². The Hall–Kier alpha value is 0.130. The molecule has 0 heterocycles. The molecule has 0 aliphatic carbocycles. The Morgan fingerprint density at radius 1 is 1.25 bits per heavy atom. The molecule has 76 valence electrons. The molecule has 0 N–H and O–H groups in total. The molecule has 0 fully saturated rings. The smallest absolute Gasteiger partial charge is 0.0191 e. The molecule has 2 heteroatoms. The van der Waals surface area contributed by atoms with Crippen molar-refractivity contribution in [2.45, 2.75) is 40.5 Å². The summed E-state index contributed by atoms with van der Waals surface area (Å²) < 4.78 is 1.98. The highest BCUT2D eigenvalue weighted by atomic mass is 31.0. The van der Waals surface area contributed by atoms with E-state index in [-0.39, 0.29) is 0 Å². The van der Waals surface area contributed by atoms with Crippen LogP contribution in [-0.4, -0.2) is 18.3 Å². The van der Waals surface area contributed by atoms with Gasteiger partial charge in [-0.25, -0.2) is 0 Å². The summed E-state index contributed by atoms with van der Waals surface area (Å²) in [6.07, 6.45) is 4.49. The lowest BCUT2D eigenvalue weighted by atomic mass is 10.4. The average Bonchev–Trinajstić information content (AvgIpc) is 2.08. The molecule has 0 radical (unpaired) electrons. The molecular formula is C10H26NP. The monoisotopic (exact) mass is 191 g/mol. The highest BCUT2D eigenvalue weighted by Gasteiger charge is 1.75. The van der Waals surface area contributed by atoms with Gasteiger partial charge in [-0.15, -0.1) is 6.58 Å². The average molecular weight is 191 g/mol. The van der Waals surface area contributed by atoms with Crippen LogP contribution in [-0.2, 0) is 0 Å². The van der Waals surface area contributed by atoms with Crippen LogP contribution in [0.4, 0.5) is 0 Å². The van der Waals surface area contributed by atoms with Crippen LogP contribution in [0.25, 0.3) is 0 Å². The molecule has 0 aliphatic heterocycles. The van der Waals surface area contributed by atoms with Crippen LogP contribution in [0, 0.1) is 0 Å². The van der Waals surface area contributed by atoms with E-state index in [1.165, 1.54) is 12.8 Å². The molecule has 0 amide bonds. The molecule has 1 unspecified atom stereocenters. The fourth-order valence-corrected chi connectivity index (χ4v) is 0.353. The molecule has 12 heavy (non-hydrogen) atoms. The summed E-state index contributed by atoms with van der Waals surface area (Å²) in [6, 6.07) is 0. The van der Waals surface area contributed by atoms with Gasteiger partial charge in [0, 0.05) is 6.54 Å². The number of unbranched alkanes of at least 4 members (excludes halogenated alkanes) is 1. The molecule has 0 spiro atoms. The van der Waals surface area contributed by atoms with Crippen molar-refractivity contribution in [1.29, 1.82) is 0 Å². The summed E-state index contributed by atoms with van der Waals surface area (Å²) in [5.74, 6) is 0. The largest absolute Gasteiger partial charge is 0.287 e. The van der Waals surface area contributed by atoms with Gasteiger partial charge in [0.15, 0.2) is 0 Å². The molecule has 0 rings (SSSR count). The fourth-order valence-electron chi connectivity index (χ4n) is 0.204. The van der Waals surface area contributed by atoms with Crippen molar-refractivity contribution in [3.05, 3.63) is 12.7 Å². The van der Waals surface area contributed by atoms with E-state index in [1.807, 2.05) is 31.6 Å². The first-order valence-electron chi connectivity index (χ1n) is 4.75. The number of rotatable bonds is 3.